The van der Waals surface area contributed by atoms with Crippen molar-refractivity contribution in [2.75, 3.05) is 32.7 Å². The lowest BCUT2D eigenvalue weighted by Gasteiger charge is -2.34. The second kappa shape index (κ2) is 11.4. The highest BCUT2D eigenvalue weighted by Gasteiger charge is 2.20. The van der Waals surface area contributed by atoms with Crippen LogP contribution in [0.1, 0.15) is 16.7 Å². The van der Waals surface area contributed by atoms with E-state index in [2.05, 4.69) is 34.1 Å². The summed E-state index contributed by atoms with van der Waals surface area (Å²) in [5.74, 6) is -0.189. The number of piperazine rings is 1. The predicted octanol–water partition coefficient (Wildman–Crippen LogP) is 3.91. The van der Waals surface area contributed by atoms with Gasteiger partial charge in [0.25, 0.3) is 0 Å². The molecule has 148 valence electrons. The molecule has 6 heteroatoms. The van der Waals surface area contributed by atoms with Crippen molar-refractivity contribution in [1.29, 1.82) is 0 Å². The maximum Gasteiger partial charge on any atom is 0.151 e. The Bertz CT molecular complexity index is 699. The second-order valence-corrected chi connectivity index (χ2v) is 6.79. The summed E-state index contributed by atoms with van der Waals surface area (Å²) in [6.07, 6.45) is 0.183. The van der Waals surface area contributed by atoms with Gasteiger partial charge in [-0.3, -0.25) is 14.6 Å². The lowest BCUT2D eigenvalue weighted by molar-refractivity contribution is -0.120. The van der Waals surface area contributed by atoms with Crippen LogP contribution >= 0.6 is 24.8 Å². The average molecular weight is 413 g/mol. The Morgan fingerprint density at radius 1 is 0.926 bits per heavy atom. The summed E-state index contributed by atoms with van der Waals surface area (Å²) in [6, 6.07) is 15.4. The Morgan fingerprint density at radius 2 is 1.56 bits per heavy atom. The topological polar surface area (TPSA) is 23.6 Å². The van der Waals surface area contributed by atoms with Gasteiger partial charge < -0.3 is 0 Å². The molecular weight excluding hydrogens is 386 g/mol. The monoisotopic (exact) mass is 412 g/mol. The molecule has 0 unspecified atom stereocenters. The van der Waals surface area contributed by atoms with Crippen molar-refractivity contribution in [3.05, 3.63) is 71.0 Å². The Balaban J connectivity index is 0.00000182. The van der Waals surface area contributed by atoms with E-state index in [9.17, 15) is 9.18 Å². The number of Topliss-reactive ketones (excluding diaryl/α,β-unsaturated/α-hetero) is 1. The number of ketones is 1. The predicted molar refractivity (Wildman–Crippen MR) is 113 cm³/mol. The molecule has 3 nitrogen and oxygen atoms in total. The number of halogens is 3. The first-order valence-electron chi connectivity index (χ1n) is 8.86. The van der Waals surface area contributed by atoms with Crippen LogP contribution in [0, 0.1) is 12.7 Å². The molecule has 0 N–H and O–H groups in total. The largest absolute Gasteiger partial charge is 0.298 e. The van der Waals surface area contributed by atoms with Crippen LogP contribution in [0.25, 0.3) is 0 Å². The number of carbonyl (C=O) groups excluding carboxylic acids is 1. The van der Waals surface area contributed by atoms with Crippen LogP contribution in [-0.2, 0) is 17.8 Å². The molecular formula is C21H27Cl2FN2O. The number of rotatable bonds is 6. The molecule has 0 bridgehead atoms. The molecule has 0 aliphatic carbocycles. The van der Waals surface area contributed by atoms with Gasteiger partial charge in [0.2, 0.25) is 0 Å². The number of aryl methyl sites for hydroxylation is 1. The summed E-state index contributed by atoms with van der Waals surface area (Å²) in [5.41, 5.74) is 2.71. The minimum atomic E-state index is -0.277. The fourth-order valence-corrected chi connectivity index (χ4v) is 3.34. The first-order valence-corrected chi connectivity index (χ1v) is 8.86. The van der Waals surface area contributed by atoms with E-state index in [0.717, 1.165) is 38.3 Å². The molecule has 3 rings (SSSR count). The van der Waals surface area contributed by atoms with Gasteiger partial charge in [-0.15, -0.1) is 24.8 Å². The molecule has 0 radical (unpaired) electrons. The number of benzene rings is 2. The Hall–Kier alpha value is -1.46. The van der Waals surface area contributed by atoms with Crippen molar-refractivity contribution in [2.45, 2.75) is 19.9 Å². The summed E-state index contributed by atoms with van der Waals surface area (Å²) < 4.78 is 13.9. The number of hydrogen-bond acceptors (Lipinski definition) is 3. The molecule has 2 aromatic carbocycles. The molecule has 2 aromatic rings. The van der Waals surface area contributed by atoms with Crippen LogP contribution < -0.4 is 0 Å². The Morgan fingerprint density at radius 3 is 2.19 bits per heavy atom. The molecule has 1 saturated heterocycles. The van der Waals surface area contributed by atoms with Crippen molar-refractivity contribution < 1.29 is 9.18 Å². The molecule has 1 aliphatic heterocycles. The Labute approximate surface area is 173 Å². The molecule has 0 saturated carbocycles. The van der Waals surface area contributed by atoms with Crippen molar-refractivity contribution in [2.24, 2.45) is 0 Å². The third kappa shape index (κ3) is 6.89. The fourth-order valence-electron chi connectivity index (χ4n) is 3.34. The van der Waals surface area contributed by atoms with Crippen molar-refractivity contribution in [1.82, 2.24) is 9.80 Å². The van der Waals surface area contributed by atoms with Crippen molar-refractivity contribution in [3.63, 3.8) is 0 Å². The van der Waals surface area contributed by atoms with Gasteiger partial charge in [-0.2, -0.15) is 0 Å². The highest BCUT2D eigenvalue weighted by atomic mass is 35.5. The fraction of sp³-hybridized carbons (Fsp3) is 0.381. The quantitative estimate of drug-likeness (QED) is 0.718. The number of hydrogen-bond donors (Lipinski definition) is 0. The summed E-state index contributed by atoms with van der Waals surface area (Å²) in [4.78, 5) is 16.9. The zero-order valence-electron chi connectivity index (χ0n) is 15.6. The zero-order chi connectivity index (χ0) is 17.6. The van der Waals surface area contributed by atoms with Gasteiger partial charge in [-0.25, -0.2) is 4.39 Å². The smallest absolute Gasteiger partial charge is 0.151 e. The average Bonchev–Trinajstić information content (AvgIpc) is 2.61. The highest BCUT2D eigenvalue weighted by molar-refractivity contribution is 5.85. The molecule has 0 spiro atoms. The van der Waals surface area contributed by atoms with E-state index in [0.29, 0.717) is 12.1 Å². The van der Waals surface area contributed by atoms with E-state index in [1.807, 2.05) is 19.1 Å². The minimum Gasteiger partial charge on any atom is -0.298 e. The molecule has 0 atom stereocenters. The van der Waals surface area contributed by atoms with Gasteiger partial charge in [0, 0.05) is 39.1 Å². The third-order valence-electron chi connectivity index (χ3n) is 4.84. The highest BCUT2D eigenvalue weighted by Crippen LogP contribution is 2.14. The van der Waals surface area contributed by atoms with Crippen LogP contribution in [-0.4, -0.2) is 48.3 Å². The van der Waals surface area contributed by atoms with Gasteiger partial charge >= 0.3 is 0 Å². The zero-order valence-corrected chi connectivity index (χ0v) is 17.2. The van der Waals surface area contributed by atoms with Gasteiger partial charge in [-0.05, 0) is 29.7 Å². The normalized spacial score (nSPS) is 14.9. The van der Waals surface area contributed by atoms with Gasteiger partial charge in [0.05, 0.1) is 6.54 Å². The lowest BCUT2D eigenvalue weighted by Crippen LogP contribution is -2.47. The van der Waals surface area contributed by atoms with Gasteiger partial charge in [-0.1, -0.05) is 42.5 Å². The third-order valence-corrected chi connectivity index (χ3v) is 4.84. The molecule has 0 amide bonds. The molecule has 0 aromatic heterocycles. The molecule has 27 heavy (non-hydrogen) atoms. The summed E-state index contributed by atoms with van der Waals surface area (Å²) in [5, 5.41) is 0. The van der Waals surface area contributed by atoms with Gasteiger partial charge in [0.15, 0.2) is 5.78 Å². The molecule has 1 heterocycles. The van der Waals surface area contributed by atoms with E-state index in [1.165, 1.54) is 11.6 Å². The Kier molecular flexibility index (Phi) is 9.95. The van der Waals surface area contributed by atoms with Crippen LogP contribution in [0.15, 0.2) is 48.5 Å². The van der Waals surface area contributed by atoms with Crippen LogP contribution in [0.4, 0.5) is 4.39 Å². The van der Waals surface area contributed by atoms with E-state index in [4.69, 9.17) is 0 Å². The number of nitrogens with zero attached hydrogens (tertiary/aromatic N) is 2. The van der Waals surface area contributed by atoms with Crippen LogP contribution in [0.2, 0.25) is 0 Å². The first kappa shape index (κ1) is 23.6. The standard InChI is InChI=1S/C21H25FN2O.2ClH/c1-17-6-5-9-21(22)20(17)14-19(25)16-24-12-10-23(11-13-24)15-18-7-3-2-4-8-18;;/h2-9H,10-16H2,1H3;2*1H. The maximum atomic E-state index is 13.9. The molecule has 1 aliphatic rings. The second-order valence-electron chi connectivity index (χ2n) is 6.79. The minimum absolute atomic E-state index is 0. The van der Waals surface area contributed by atoms with Gasteiger partial charge in [0.1, 0.15) is 5.82 Å². The van der Waals surface area contributed by atoms with E-state index >= 15 is 0 Å². The van der Waals surface area contributed by atoms with Crippen molar-refractivity contribution in [3.8, 4) is 0 Å². The van der Waals surface area contributed by atoms with Crippen LogP contribution in [0.5, 0.6) is 0 Å². The van der Waals surface area contributed by atoms with E-state index in [1.54, 1.807) is 6.07 Å². The van der Waals surface area contributed by atoms with Crippen molar-refractivity contribution >= 4 is 30.6 Å². The summed E-state index contributed by atoms with van der Waals surface area (Å²) >= 11 is 0. The maximum absolute atomic E-state index is 13.9. The summed E-state index contributed by atoms with van der Waals surface area (Å²) in [7, 11) is 0. The summed E-state index contributed by atoms with van der Waals surface area (Å²) in [6.45, 7) is 6.91. The van der Waals surface area contributed by atoms with E-state index < -0.39 is 0 Å². The molecule has 1 fully saturated rings. The number of carbonyl (C=O) groups is 1. The first-order chi connectivity index (χ1) is 12.1. The SMILES string of the molecule is Cc1cccc(F)c1CC(=O)CN1CCN(Cc2ccccc2)CC1.Cl.Cl. The van der Waals surface area contributed by atoms with Crippen LogP contribution in [0.3, 0.4) is 0 Å². The van der Waals surface area contributed by atoms with E-state index in [-0.39, 0.29) is 42.8 Å². The lowest BCUT2D eigenvalue weighted by atomic mass is 10.0.